The summed E-state index contributed by atoms with van der Waals surface area (Å²) >= 11 is 0. The van der Waals surface area contributed by atoms with Gasteiger partial charge in [0, 0.05) is 6.20 Å². The SMILES string of the molecule is COc1c(C(=O)O)cccc1N1C=COC1. The van der Waals surface area contributed by atoms with Crippen molar-refractivity contribution in [3.05, 3.63) is 36.2 Å². The molecule has 0 saturated heterocycles. The molecule has 5 heteroatoms. The van der Waals surface area contributed by atoms with Gasteiger partial charge in [-0.1, -0.05) is 6.07 Å². The van der Waals surface area contributed by atoms with Gasteiger partial charge in [-0.3, -0.25) is 0 Å². The maximum Gasteiger partial charge on any atom is 0.339 e. The van der Waals surface area contributed by atoms with E-state index in [0.717, 1.165) is 0 Å². The van der Waals surface area contributed by atoms with Crippen molar-refractivity contribution in [2.45, 2.75) is 0 Å². The van der Waals surface area contributed by atoms with Crippen LogP contribution in [-0.2, 0) is 4.74 Å². The van der Waals surface area contributed by atoms with Crippen molar-refractivity contribution >= 4 is 11.7 Å². The summed E-state index contributed by atoms with van der Waals surface area (Å²) in [5.74, 6) is -0.673. The maximum absolute atomic E-state index is 11.0. The molecular formula is C11H11NO4. The highest BCUT2D eigenvalue weighted by Crippen LogP contribution is 2.33. The lowest BCUT2D eigenvalue weighted by molar-refractivity contribution is 0.0693. The number of benzene rings is 1. The van der Waals surface area contributed by atoms with E-state index in [4.69, 9.17) is 14.6 Å². The topological polar surface area (TPSA) is 59.0 Å². The van der Waals surface area contributed by atoms with Gasteiger partial charge in [0.05, 0.1) is 12.8 Å². The molecule has 1 N–H and O–H groups in total. The molecular weight excluding hydrogens is 210 g/mol. The molecule has 0 radical (unpaired) electrons. The summed E-state index contributed by atoms with van der Waals surface area (Å²) in [6.45, 7) is 0.361. The minimum Gasteiger partial charge on any atom is -0.494 e. The first kappa shape index (κ1) is 10.4. The molecule has 2 rings (SSSR count). The van der Waals surface area contributed by atoms with E-state index in [2.05, 4.69) is 0 Å². The van der Waals surface area contributed by atoms with Crippen LogP contribution in [-0.4, -0.2) is 24.9 Å². The number of para-hydroxylation sites is 1. The average Bonchev–Trinajstić information content (AvgIpc) is 2.81. The number of carbonyl (C=O) groups is 1. The summed E-state index contributed by atoms with van der Waals surface area (Å²) < 4.78 is 10.2. The van der Waals surface area contributed by atoms with Gasteiger partial charge in [0.15, 0.2) is 12.5 Å². The Morgan fingerprint density at radius 2 is 2.38 bits per heavy atom. The molecule has 1 aliphatic heterocycles. The first-order chi connectivity index (χ1) is 7.74. The van der Waals surface area contributed by atoms with E-state index in [9.17, 15) is 4.79 Å². The molecule has 0 unspecified atom stereocenters. The number of carboxylic acids is 1. The van der Waals surface area contributed by atoms with Gasteiger partial charge in [0.2, 0.25) is 0 Å². The van der Waals surface area contributed by atoms with Gasteiger partial charge in [-0.05, 0) is 12.1 Å². The Labute approximate surface area is 92.5 Å². The Morgan fingerprint density at radius 3 is 2.94 bits per heavy atom. The lowest BCUT2D eigenvalue weighted by Crippen LogP contribution is -2.15. The molecule has 0 aliphatic carbocycles. The smallest absolute Gasteiger partial charge is 0.339 e. The predicted octanol–water partition coefficient (Wildman–Crippen LogP) is 1.66. The summed E-state index contributed by atoms with van der Waals surface area (Å²) in [4.78, 5) is 12.8. The second kappa shape index (κ2) is 4.14. The standard InChI is InChI=1S/C11H11NO4/c1-15-10-8(11(13)14)3-2-4-9(10)12-5-6-16-7-12/h2-6H,7H2,1H3,(H,13,14). The molecule has 1 aromatic carbocycles. The number of ether oxygens (including phenoxy) is 2. The van der Waals surface area contributed by atoms with Crippen molar-refractivity contribution in [1.29, 1.82) is 0 Å². The van der Waals surface area contributed by atoms with Crippen molar-refractivity contribution < 1.29 is 19.4 Å². The molecule has 0 saturated carbocycles. The Hall–Kier alpha value is -2.17. The zero-order valence-electron chi connectivity index (χ0n) is 8.71. The Balaban J connectivity index is 2.48. The van der Waals surface area contributed by atoms with E-state index < -0.39 is 5.97 Å². The van der Waals surface area contributed by atoms with Crippen molar-refractivity contribution in [3.8, 4) is 5.75 Å². The third-order valence-electron chi connectivity index (χ3n) is 2.29. The van der Waals surface area contributed by atoms with Crippen LogP contribution in [0.15, 0.2) is 30.7 Å². The Bertz CT molecular complexity index is 442. The zero-order chi connectivity index (χ0) is 11.5. The van der Waals surface area contributed by atoms with Crippen LogP contribution >= 0.6 is 0 Å². The highest BCUT2D eigenvalue weighted by Gasteiger charge is 2.19. The number of nitrogens with zero attached hydrogens (tertiary/aromatic N) is 1. The molecule has 1 aromatic rings. The maximum atomic E-state index is 11.0. The lowest BCUT2D eigenvalue weighted by atomic mass is 10.1. The van der Waals surface area contributed by atoms with Gasteiger partial charge in [-0.15, -0.1) is 0 Å². The van der Waals surface area contributed by atoms with Gasteiger partial charge in [-0.2, -0.15) is 0 Å². The van der Waals surface area contributed by atoms with Crippen molar-refractivity contribution in [1.82, 2.24) is 0 Å². The fraction of sp³-hybridized carbons (Fsp3) is 0.182. The average molecular weight is 221 g/mol. The van der Waals surface area contributed by atoms with E-state index in [0.29, 0.717) is 18.2 Å². The van der Waals surface area contributed by atoms with E-state index >= 15 is 0 Å². The number of anilines is 1. The molecule has 84 valence electrons. The summed E-state index contributed by atoms with van der Waals surface area (Å²) in [6, 6.07) is 4.96. The predicted molar refractivity (Wildman–Crippen MR) is 57.5 cm³/mol. The van der Waals surface area contributed by atoms with E-state index in [1.54, 1.807) is 29.5 Å². The van der Waals surface area contributed by atoms with Crippen LogP contribution in [0.5, 0.6) is 5.75 Å². The number of hydrogen-bond donors (Lipinski definition) is 1. The molecule has 0 bridgehead atoms. The molecule has 1 aliphatic rings. The van der Waals surface area contributed by atoms with Gasteiger partial charge in [0.25, 0.3) is 0 Å². The van der Waals surface area contributed by atoms with Gasteiger partial charge in [-0.25, -0.2) is 4.79 Å². The molecule has 0 amide bonds. The summed E-state index contributed by atoms with van der Waals surface area (Å²) in [5.41, 5.74) is 0.816. The van der Waals surface area contributed by atoms with Crippen LogP contribution in [0, 0.1) is 0 Å². The fourth-order valence-electron chi connectivity index (χ4n) is 1.57. The highest BCUT2D eigenvalue weighted by molar-refractivity contribution is 5.93. The summed E-state index contributed by atoms with van der Waals surface area (Å²) in [6.07, 6.45) is 3.27. The van der Waals surface area contributed by atoms with Crippen molar-refractivity contribution in [2.75, 3.05) is 18.7 Å². The third-order valence-corrected chi connectivity index (χ3v) is 2.29. The number of rotatable bonds is 3. The largest absolute Gasteiger partial charge is 0.494 e. The van der Waals surface area contributed by atoms with E-state index in [1.807, 2.05) is 0 Å². The third kappa shape index (κ3) is 1.67. The quantitative estimate of drug-likeness (QED) is 0.841. The van der Waals surface area contributed by atoms with Crippen LogP contribution in [0.1, 0.15) is 10.4 Å². The van der Waals surface area contributed by atoms with Crippen molar-refractivity contribution in [3.63, 3.8) is 0 Å². The second-order valence-electron chi connectivity index (χ2n) is 3.21. The Morgan fingerprint density at radius 1 is 1.56 bits per heavy atom. The molecule has 16 heavy (non-hydrogen) atoms. The molecule has 5 nitrogen and oxygen atoms in total. The number of carboxylic acid groups (broad SMARTS) is 1. The van der Waals surface area contributed by atoms with Crippen LogP contribution in [0.2, 0.25) is 0 Å². The van der Waals surface area contributed by atoms with Crippen molar-refractivity contribution in [2.24, 2.45) is 0 Å². The minimum atomic E-state index is -1.01. The first-order valence-corrected chi connectivity index (χ1v) is 4.69. The van der Waals surface area contributed by atoms with E-state index in [-0.39, 0.29) is 5.56 Å². The van der Waals surface area contributed by atoms with Crippen LogP contribution in [0.4, 0.5) is 5.69 Å². The lowest BCUT2D eigenvalue weighted by Gasteiger charge is -2.18. The molecule has 0 aromatic heterocycles. The zero-order valence-corrected chi connectivity index (χ0v) is 8.71. The highest BCUT2D eigenvalue weighted by atomic mass is 16.5. The second-order valence-corrected chi connectivity index (χ2v) is 3.21. The first-order valence-electron chi connectivity index (χ1n) is 4.69. The minimum absolute atomic E-state index is 0.139. The van der Waals surface area contributed by atoms with Crippen LogP contribution in [0.3, 0.4) is 0 Å². The number of aromatic carboxylic acids is 1. The van der Waals surface area contributed by atoms with Crippen LogP contribution < -0.4 is 9.64 Å². The van der Waals surface area contributed by atoms with Gasteiger partial charge >= 0.3 is 5.97 Å². The number of hydrogen-bond acceptors (Lipinski definition) is 4. The van der Waals surface area contributed by atoms with Gasteiger partial charge < -0.3 is 19.5 Å². The summed E-state index contributed by atoms with van der Waals surface area (Å²) in [5, 5.41) is 9.02. The molecule has 1 heterocycles. The fourth-order valence-corrected chi connectivity index (χ4v) is 1.57. The number of methoxy groups -OCH3 is 1. The van der Waals surface area contributed by atoms with Gasteiger partial charge in [0.1, 0.15) is 11.8 Å². The molecule has 0 fully saturated rings. The monoisotopic (exact) mass is 221 g/mol. The molecule has 0 atom stereocenters. The van der Waals surface area contributed by atoms with Crippen LogP contribution in [0.25, 0.3) is 0 Å². The summed E-state index contributed by atoms with van der Waals surface area (Å²) in [7, 11) is 1.45. The normalized spacial score (nSPS) is 13.7. The molecule has 0 spiro atoms. The van der Waals surface area contributed by atoms with E-state index in [1.165, 1.54) is 13.2 Å². The Kier molecular flexibility index (Phi) is 2.68.